The number of amides is 1. The minimum absolute atomic E-state index is 0.0397. The predicted octanol–water partition coefficient (Wildman–Crippen LogP) is 2.56. The lowest BCUT2D eigenvalue weighted by molar-refractivity contribution is -0.121. The highest BCUT2D eigenvalue weighted by atomic mass is 19.2. The van der Waals surface area contributed by atoms with E-state index in [2.05, 4.69) is 5.32 Å². The van der Waals surface area contributed by atoms with Crippen molar-refractivity contribution in [2.75, 3.05) is 6.61 Å². The standard InChI is InChI=1S/C15H21F2NO2/c1-11(4-3-9-19)18-15(20)6-2-5-12-7-8-13(16)14(17)10-12/h7-8,10-11,19H,2-6,9H2,1H3,(H,18,20). The summed E-state index contributed by atoms with van der Waals surface area (Å²) in [5.74, 6) is -1.77. The first kappa shape index (κ1) is 16.6. The van der Waals surface area contributed by atoms with Crippen molar-refractivity contribution < 1.29 is 18.7 Å². The van der Waals surface area contributed by atoms with Gasteiger partial charge < -0.3 is 10.4 Å². The van der Waals surface area contributed by atoms with Crippen LogP contribution in [0.2, 0.25) is 0 Å². The van der Waals surface area contributed by atoms with E-state index in [4.69, 9.17) is 5.11 Å². The number of aliphatic hydroxyl groups is 1. The van der Waals surface area contributed by atoms with Crippen LogP contribution < -0.4 is 5.32 Å². The molecule has 0 aliphatic heterocycles. The first-order chi connectivity index (χ1) is 9.52. The van der Waals surface area contributed by atoms with Crippen LogP contribution in [0.1, 0.15) is 38.2 Å². The van der Waals surface area contributed by atoms with Gasteiger partial charge in [0, 0.05) is 19.1 Å². The van der Waals surface area contributed by atoms with Crippen molar-refractivity contribution in [3.05, 3.63) is 35.4 Å². The number of hydrogen-bond donors (Lipinski definition) is 2. The molecule has 1 aromatic carbocycles. The predicted molar refractivity (Wildman–Crippen MR) is 73.2 cm³/mol. The fourth-order valence-corrected chi connectivity index (χ4v) is 1.96. The van der Waals surface area contributed by atoms with E-state index in [-0.39, 0.29) is 18.6 Å². The van der Waals surface area contributed by atoms with Crippen molar-refractivity contribution in [1.29, 1.82) is 0 Å². The largest absolute Gasteiger partial charge is 0.396 e. The quantitative estimate of drug-likeness (QED) is 0.771. The van der Waals surface area contributed by atoms with E-state index in [9.17, 15) is 13.6 Å². The number of aliphatic hydroxyl groups excluding tert-OH is 1. The molecule has 0 aromatic heterocycles. The van der Waals surface area contributed by atoms with Crippen molar-refractivity contribution in [2.45, 2.75) is 45.1 Å². The summed E-state index contributed by atoms with van der Waals surface area (Å²) in [7, 11) is 0. The molecule has 0 saturated carbocycles. The van der Waals surface area contributed by atoms with Crippen LogP contribution in [0.3, 0.4) is 0 Å². The SMILES string of the molecule is CC(CCCO)NC(=O)CCCc1ccc(F)c(F)c1. The number of aryl methyl sites for hydroxylation is 1. The Labute approximate surface area is 118 Å². The van der Waals surface area contributed by atoms with Crippen LogP contribution in [0.15, 0.2) is 18.2 Å². The van der Waals surface area contributed by atoms with E-state index < -0.39 is 11.6 Å². The van der Waals surface area contributed by atoms with Gasteiger partial charge in [0.05, 0.1) is 0 Å². The Balaban J connectivity index is 2.26. The van der Waals surface area contributed by atoms with Crippen LogP contribution >= 0.6 is 0 Å². The maximum Gasteiger partial charge on any atom is 0.220 e. The monoisotopic (exact) mass is 285 g/mol. The van der Waals surface area contributed by atoms with E-state index in [0.29, 0.717) is 31.2 Å². The van der Waals surface area contributed by atoms with Crippen molar-refractivity contribution >= 4 is 5.91 Å². The molecular formula is C15H21F2NO2. The lowest BCUT2D eigenvalue weighted by Gasteiger charge is -2.13. The first-order valence-electron chi connectivity index (χ1n) is 6.87. The van der Waals surface area contributed by atoms with E-state index in [1.807, 2.05) is 6.92 Å². The zero-order valence-corrected chi connectivity index (χ0v) is 11.7. The van der Waals surface area contributed by atoms with Crippen LogP contribution in [-0.4, -0.2) is 23.7 Å². The van der Waals surface area contributed by atoms with Gasteiger partial charge >= 0.3 is 0 Å². The fourth-order valence-electron chi connectivity index (χ4n) is 1.96. The van der Waals surface area contributed by atoms with Crippen molar-refractivity contribution in [3.63, 3.8) is 0 Å². The Hall–Kier alpha value is -1.49. The first-order valence-corrected chi connectivity index (χ1v) is 6.87. The lowest BCUT2D eigenvalue weighted by Crippen LogP contribution is -2.32. The normalized spacial score (nSPS) is 12.2. The third-order valence-corrected chi connectivity index (χ3v) is 3.06. The van der Waals surface area contributed by atoms with E-state index in [0.717, 1.165) is 18.6 Å². The van der Waals surface area contributed by atoms with Crippen LogP contribution in [0.4, 0.5) is 8.78 Å². The molecule has 5 heteroatoms. The second-order valence-corrected chi connectivity index (χ2v) is 4.94. The minimum Gasteiger partial charge on any atom is -0.396 e. The molecule has 0 radical (unpaired) electrons. The van der Waals surface area contributed by atoms with Crippen LogP contribution in [0.5, 0.6) is 0 Å². The maximum atomic E-state index is 13.0. The summed E-state index contributed by atoms with van der Waals surface area (Å²) in [6, 6.07) is 3.83. The lowest BCUT2D eigenvalue weighted by atomic mass is 10.1. The maximum absolute atomic E-state index is 13.0. The molecule has 1 rings (SSSR count). The van der Waals surface area contributed by atoms with E-state index in [1.54, 1.807) is 0 Å². The Bertz CT molecular complexity index is 438. The van der Waals surface area contributed by atoms with E-state index >= 15 is 0 Å². The molecule has 0 bridgehead atoms. The van der Waals surface area contributed by atoms with Crippen LogP contribution in [-0.2, 0) is 11.2 Å². The van der Waals surface area contributed by atoms with Gasteiger partial charge in [0.25, 0.3) is 0 Å². The summed E-state index contributed by atoms with van der Waals surface area (Å²) in [6.07, 6.45) is 2.88. The molecule has 0 aliphatic rings. The third-order valence-electron chi connectivity index (χ3n) is 3.06. The number of carbonyl (C=O) groups excluding carboxylic acids is 1. The summed E-state index contributed by atoms with van der Waals surface area (Å²) in [6.45, 7) is 2.01. The third kappa shape index (κ3) is 6.10. The molecule has 112 valence electrons. The highest BCUT2D eigenvalue weighted by Gasteiger charge is 2.07. The summed E-state index contributed by atoms with van der Waals surface area (Å²) >= 11 is 0. The second-order valence-electron chi connectivity index (χ2n) is 4.94. The highest BCUT2D eigenvalue weighted by molar-refractivity contribution is 5.76. The highest BCUT2D eigenvalue weighted by Crippen LogP contribution is 2.11. The molecule has 0 fully saturated rings. The molecule has 0 saturated heterocycles. The Morgan fingerprint density at radius 3 is 2.70 bits per heavy atom. The van der Waals surface area contributed by atoms with Crippen LogP contribution in [0.25, 0.3) is 0 Å². The van der Waals surface area contributed by atoms with Crippen molar-refractivity contribution in [1.82, 2.24) is 5.32 Å². The van der Waals surface area contributed by atoms with Gasteiger partial charge in [-0.2, -0.15) is 0 Å². The Morgan fingerprint density at radius 2 is 2.05 bits per heavy atom. The molecule has 3 nitrogen and oxygen atoms in total. The topological polar surface area (TPSA) is 49.3 Å². The van der Waals surface area contributed by atoms with Crippen LogP contribution in [0, 0.1) is 11.6 Å². The van der Waals surface area contributed by atoms with Crippen molar-refractivity contribution in [3.8, 4) is 0 Å². The van der Waals surface area contributed by atoms with Gasteiger partial charge in [-0.15, -0.1) is 0 Å². The molecule has 1 atom stereocenters. The Kier molecular flexibility index (Phi) is 7.15. The molecule has 20 heavy (non-hydrogen) atoms. The zero-order chi connectivity index (χ0) is 15.0. The van der Waals surface area contributed by atoms with Crippen molar-refractivity contribution in [2.24, 2.45) is 0 Å². The van der Waals surface area contributed by atoms with Gasteiger partial charge in [-0.3, -0.25) is 4.79 Å². The van der Waals surface area contributed by atoms with Gasteiger partial charge in [0.2, 0.25) is 5.91 Å². The molecular weight excluding hydrogens is 264 g/mol. The van der Waals surface area contributed by atoms with Gasteiger partial charge in [-0.1, -0.05) is 6.07 Å². The van der Waals surface area contributed by atoms with Gasteiger partial charge in [0.15, 0.2) is 11.6 Å². The number of hydrogen-bond acceptors (Lipinski definition) is 2. The average molecular weight is 285 g/mol. The van der Waals surface area contributed by atoms with Gasteiger partial charge in [-0.25, -0.2) is 8.78 Å². The summed E-state index contributed by atoms with van der Waals surface area (Å²) < 4.78 is 25.7. The molecule has 2 N–H and O–H groups in total. The molecule has 1 unspecified atom stereocenters. The average Bonchev–Trinajstić information content (AvgIpc) is 2.40. The second kappa shape index (κ2) is 8.64. The number of nitrogens with one attached hydrogen (secondary N) is 1. The zero-order valence-electron chi connectivity index (χ0n) is 11.7. The Morgan fingerprint density at radius 1 is 1.30 bits per heavy atom. The smallest absolute Gasteiger partial charge is 0.220 e. The number of rotatable bonds is 8. The number of benzene rings is 1. The fraction of sp³-hybridized carbons (Fsp3) is 0.533. The minimum atomic E-state index is -0.857. The number of carbonyl (C=O) groups is 1. The molecule has 0 spiro atoms. The summed E-state index contributed by atoms with van der Waals surface area (Å²) in [4.78, 5) is 11.6. The number of halogens is 2. The van der Waals surface area contributed by atoms with E-state index in [1.165, 1.54) is 6.07 Å². The van der Waals surface area contributed by atoms with Gasteiger partial charge in [-0.05, 0) is 50.3 Å². The molecule has 0 heterocycles. The van der Waals surface area contributed by atoms with Gasteiger partial charge in [0.1, 0.15) is 0 Å². The molecule has 1 amide bonds. The molecule has 1 aromatic rings. The molecule has 0 aliphatic carbocycles. The summed E-state index contributed by atoms with van der Waals surface area (Å²) in [5.41, 5.74) is 0.685. The summed E-state index contributed by atoms with van der Waals surface area (Å²) in [5, 5.41) is 11.5.